The number of Topliss-reactive ketones (excluding diaryl/α,β-unsaturated/α-hetero) is 1. The standard InChI is InChI=1S/C11H11ClO5/c1-3-17-8-5-9(16-2)7(12)4-6(8)10(13)11(14)15/h4-5H,3H2,1-2H3,(H,14,15). The van der Waals surface area contributed by atoms with Gasteiger partial charge in [0.1, 0.15) is 11.5 Å². The molecular formula is C11H11ClO5. The van der Waals surface area contributed by atoms with Gasteiger partial charge in [-0.3, -0.25) is 4.79 Å². The van der Waals surface area contributed by atoms with Gasteiger partial charge in [0.25, 0.3) is 5.78 Å². The van der Waals surface area contributed by atoms with Crippen molar-refractivity contribution in [2.24, 2.45) is 0 Å². The van der Waals surface area contributed by atoms with Crippen molar-refractivity contribution >= 4 is 23.4 Å². The molecular weight excluding hydrogens is 248 g/mol. The Labute approximate surface area is 103 Å². The van der Waals surface area contributed by atoms with Crippen LogP contribution >= 0.6 is 11.6 Å². The Morgan fingerprint density at radius 2 is 2.00 bits per heavy atom. The third-order valence-corrected chi connectivity index (χ3v) is 2.29. The first-order valence-electron chi connectivity index (χ1n) is 4.79. The minimum absolute atomic E-state index is 0.0925. The molecule has 0 amide bonds. The molecule has 0 heterocycles. The number of rotatable bonds is 5. The fourth-order valence-corrected chi connectivity index (χ4v) is 1.50. The van der Waals surface area contributed by atoms with E-state index in [1.807, 2.05) is 0 Å². The Hall–Kier alpha value is -1.75. The minimum atomic E-state index is -1.56. The maximum atomic E-state index is 11.4. The van der Waals surface area contributed by atoms with Crippen LogP contribution < -0.4 is 9.47 Å². The second-order valence-electron chi connectivity index (χ2n) is 3.05. The zero-order valence-corrected chi connectivity index (χ0v) is 10.1. The van der Waals surface area contributed by atoms with Gasteiger partial charge in [-0.25, -0.2) is 4.79 Å². The van der Waals surface area contributed by atoms with E-state index in [0.29, 0.717) is 12.4 Å². The quantitative estimate of drug-likeness (QED) is 0.646. The Balaban J connectivity index is 3.32. The highest BCUT2D eigenvalue weighted by molar-refractivity contribution is 6.41. The SMILES string of the molecule is CCOc1cc(OC)c(Cl)cc1C(=O)C(=O)O. The predicted octanol–water partition coefficient (Wildman–Crippen LogP) is 2.01. The monoisotopic (exact) mass is 258 g/mol. The number of methoxy groups -OCH3 is 1. The van der Waals surface area contributed by atoms with E-state index in [0.717, 1.165) is 0 Å². The van der Waals surface area contributed by atoms with Crippen LogP contribution in [0.15, 0.2) is 12.1 Å². The summed E-state index contributed by atoms with van der Waals surface area (Å²) in [5, 5.41) is 8.82. The molecule has 1 aromatic rings. The molecule has 0 aromatic heterocycles. The van der Waals surface area contributed by atoms with Crippen molar-refractivity contribution in [1.29, 1.82) is 0 Å². The number of hydrogen-bond acceptors (Lipinski definition) is 4. The van der Waals surface area contributed by atoms with E-state index in [2.05, 4.69) is 0 Å². The van der Waals surface area contributed by atoms with Crippen molar-refractivity contribution in [2.45, 2.75) is 6.92 Å². The van der Waals surface area contributed by atoms with Gasteiger partial charge in [-0.2, -0.15) is 0 Å². The minimum Gasteiger partial charge on any atom is -0.495 e. The molecule has 1 aromatic carbocycles. The molecule has 6 heteroatoms. The van der Waals surface area contributed by atoms with E-state index >= 15 is 0 Å². The van der Waals surface area contributed by atoms with Crippen molar-refractivity contribution in [2.75, 3.05) is 13.7 Å². The van der Waals surface area contributed by atoms with Crippen LogP contribution in [0.2, 0.25) is 5.02 Å². The maximum Gasteiger partial charge on any atom is 0.377 e. The third-order valence-electron chi connectivity index (χ3n) is 1.99. The molecule has 1 N–H and O–H groups in total. The molecule has 0 bridgehead atoms. The van der Waals surface area contributed by atoms with E-state index in [1.165, 1.54) is 19.2 Å². The summed E-state index contributed by atoms with van der Waals surface area (Å²) in [6.45, 7) is 2.01. The maximum absolute atomic E-state index is 11.4. The van der Waals surface area contributed by atoms with Crippen LogP contribution in [-0.2, 0) is 4.79 Å². The van der Waals surface area contributed by atoms with Crippen LogP contribution in [-0.4, -0.2) is 30.6 Å². The van der Waals surface area contributed by atoms with Gasteiger partial charge in [0.15, 0.2) is 0 Å². The molecule has 0 saturated heterocycles. The van der Waals surface area contributed by atoms with Crippen LogP contribution in [0.5, 0.6) is 11.5 Å². The lowest BCUT2D eigenvalue weighted by Gasteiger charge is -2.11. The van der Waals surface area contributed by atoms with Crippen LogP contribution in [0.4, 0.5) is 0 Å². The first-order valence-corrected chi connectivity index (χ1v) is 5.17. The normalized spacial score (nSPS) is 9.82. The summed E-state index contributed by atoms with van der Waals surface area (Å²) in [6, 6.07) is 2.61. The molecule has 1 rings (SSSR count). The summed E-state index contributed by atoms with van der Waals surface area (Å²) in [4.78, 5) is 22.1. The van der Waals surface area contributed by atoms with Gasteiger partial charge < -0.3 is 14.6 Å². The van der Waals surface area contributed by atoms with Crippen molar-refractivity contribution in [3.63, 3.8) is 0 Å². The average Bonchev–Trinajstić information content (AvgIpc) is 2.30. The molecule has 0 unspecified atom stereocenters. The number of ether oxygens (including phenoxy) is 2. The number of aliphatic carboxylic acids is 1. The Bertz CT molecular complexity index is 455. The van der Waals surface area contributed by atoms with Crippen LogP contribution in [0.1, 0.15) is 17.3 Å². The van der Waals surface area contributed by atoms with E-state index < -0.39 is 11.8 Å². The highest BCUT2D eigenvalue weighted by Crippen LogP contribution is 2.32. The molecule has 0 aliphatic carbocycles. The third kappa shape index (κ3) is 2.88. The van der Waals surface area contributed by atoms with Crippen LogP contribution in [0, 0.1) is 0 Å². The molecule has 0 fully saturated rings. The number of halogens is 1. The Morgan fingerprint density at radius 1 is 1.35 bits per heavy atom. The first kappa shape index (κ1) is 13.3. The van der Waals surface area contributed by atoms with E-state index in [9.17, 15) is 9.59 Å². The van der Waals surface area contributed by atoms with Gasteiger partial charge in [0.2, 0.25) is 0 Å². The van der Waals surface area contributed by atoms with Crippen molar-refractivity contribution in [3.8, 4) is 11.5 Å². The molecule has 5 nitrogen and oxygen atoms in total. The lowest BCUT2D eigenvalue weighted by molar-refractivity contribution is -0.131. The lowest BCUT2D eigenvalue weighted by Crippen LogP contribution is -2.14. The van der Waals surface area contributed by atoms with Gasteiger partial charge in [0.05, 0.1) is 24.3 Å². The molecule has 0 radical (unpaired) electrons. The topological polar surface area (TPSA) is 72.8 Å². The van der Waals surface area contributed by atoms with Gasteiger partial charge in [-0.15, -0.1) is 0 Å². The van der Waals surface area contributed by atoms with Crippen molar-refractivity contribution in [3.05, 3.63) is 22.7 Å². The van der Waals surface area contributed by atoms with Crippen LogP contribution in [0.3, 0.4) is 0 Å². The fourth-order valence-electron chi connectivity index (χ4n) is 1.26. The summed E-state index contributed by atoms with van der Waals surface area (Å²) in [5.74, 6) is -2.18. The summed E-state index contributed by atoms with van der Waals surface area (Å²) in [7, 11) is 1.41. The van der Waals surface area contributed by atoms with Gasteiger partial charge in [0, 0.05) is 6.07 Å². The zero-order valence-electron chi connectivity index (χ0n) is 9.32. The number of carbonyl (C=O) groups excluding carboxylic acids is 1. The number of carboxylic acid groups (broad SMARTS) is 1. The van der Waals surface area contributed by atoms with Crippen LogP contribution in [0.25, 0.3) is 0 Å². The number of ketones is 1. The average molecular weight is 259 g/mol. The number of carbonyl (C=O) groups is 2. The largest absolute Gasteiger partial charge is 0.495 e. The number of carboxylic acids is 1. The van der Waals surface area contributed by atoms with Gasteiger partial charge in [-0.05, 0) is 13.0 Å². The highest BCUT2D eigenvalue weighted by Gasteiger charge is 2.21. The summed E-state index contributed by atoms with van der Waals surface area (Å²) in [6.07, 6.45) is 0. The zero-order chi connectivity index (χ0) is 13.0. The first-order chi connectivity index (χ1) is 8.01. The molecule has 0 aliphatic rings. The molecule has 0 spiro atoms. The molecule has 17 heavy (non-hydrogen) atoms. The second-order valence-corrected chi connectivity index (χ2v) is 3.46. The highest BCUT2D eigenvalue weighted by atomic mass is 35.5. The van der Waals surface area contributed by atoms with E-state index in [-0.39, 0.29) is 16.3 Å². The summed E-state index contributed by atoms with van der Waals surface area (Å²) >= 11 is 5.82. The molecule has 0 aliphatic heterocycles. The summed E-state index contributed by atoms with van der Waals surface area (Å²) < 4.78 is 10.1. The smallest absolute Gasteiger partial charge is 0.377 e. The Kier molecular flexibility index (Phi) is 4.34. The van der Waals surface area contributed by atoms with Crippen molar-refractivity contribution < 1.29 is 24.2 Å². The van der Waals surface area contributed by atoms with Gasteiger partial charge in [-0.1, -0.05) is 11.6 Å². The van der Waals surface area contributed by atoms with Crippen molar-refractivity contribution in [1.82, 2.24) is 0 Å². The second kappa shape index (κ2) is 5.54. The summed E-state index contributed by atoms with van der Waals surface area (Å²) in [5.41, 5.74) is -0.0925. The Morgan fingerprint density at radius 3 is 2.47 bits per heavy atom. The number of benzene rings is 1. The predicted molar refractivity (Wildman–Crippen MR) is 61.1 cm³/mol. The molecule has 0 atom stereocenters. The molecule has 0 saturated carbocycles. The molecule has 92 valence electrons. The number of hydrogen-bond donors (Lipinski definition) is 1. The van der Waals surface area contributed by atoms with Gasteiger partial charge >= 0.3 is 5.97 Å². The van der Waals surface area contributed by atoms with E-state index in [4.69, 9.17) is 26.2 Å². The fraction of sp³-hybridized carbons (Fsp3) is 0.273. The van der Waals surface area contributed by atoms with E-state index in [1.54, 1.807) is 6.92 Å². The lowest BCUT2D eigenvalue weighted by atomic mass is 10.1.